The maximum atomic E-state index is 11.1. The zero-order valence-corrected chi connectivity index (χ0v) is 7.60. The number of hydrogen-bond acceptors (Lipinski definition) is 2. The highest BCUT2D eigenvalue weighted by molar-refractivity contribution is 5.81. The summed E-state index contributed by atoms with van der Waals surface area (Å²) in [5.74, 6) is 0.396. The topological polar surface area (TPSA) is 37.3 Å². The van der Waals surface area contributed by atoms with Gasteiger partial charge in [-0.1, -0.05) is 0 Å². The first-order chi connectivity index (χ1) is 5.52. The highest BCUT2D eigenvalue weighted by atomic mass is 16.3. The number of carbonyl (C=O) groups is 1. The number of carbonyl (C=O) groups excluding carboxylic acids is 1. The first-order valence-corrected chi connectivity index (χ1v) is 4.76. The lowest BCUT2D eigenvalue weighted by Gasteiger charge is -2.23. The molecule has 12 heavy (non-hydrogen) atoms. The average molecular weight is 168 g/mol. The number of aliphatic hydroxyl groups is 1. The largest absolute Gasteiger partial charge is 0.390 e. The third kappa shape index (κ3) is 1.28. The molecule has 2 saturated carbocycles. The lowest BCUT2D eigenvalue weighted by Crippen LogP contribution is -2.22. The smallest absolute Gasteiger partial charge is 0.133 e. The Balaban J connectivity index is 2.11. The Hall–Kier alpha value is -0.370. The molecule has 0 aliphatic heterocycles. The molecular weight excluding hydrogens is 152 g/mol. The number of Topliss-reactive ketones (excluding diaryl/α,β-unsaturated/α-hetero) is 1. The van der Waals surface area contributed by atoms with Crippen LogP contribution in [0.5, 0.6) is 0 Å². The van der Waals surface area contributed by atoms with Gasteiger partial charge in [-0.2, -0.15) is 0 Å². The monoisotopic (exact) mass is 168 g/mol. The molecule has 2 unspecified atom stereocenters. The molecule has 2 rings (SSSR count). The Labute approximate surface area is 73.0 Å². The average Bonchev–Trinajstić information content (AvgIpc) is 2.41. The summed E-state index contributed by atoms with van der Waals surface area (Å²) in [7, 11) is 0. The summed E-state index contributed by atoms with van der Waals surface area (Å²) in [6, 6.07) is 0. The molecule has 0 radical (unpaired) electrons. The van der Waals surface area contributed by atoms with Crippen LogP contribution in [0.2, 0.25) is 0 Å². The van der Waals surface area contributed by atoms with Gasteiger partial charge >= 0.3 is 0 Å². The molecular formula is C10H16O2. The third-order valence-electron chi connectivity index (χ3n) is 3.46. The fourth-order valence-electron chi connectivity index (χ4n) is 2.88. The Kier molecular flexibility index (Phi) is 1.59. The second kappa shape index (κ2) is 2.32. The predicted octanol–water partition coefficient (Wildman–Crippen LogP) is 1.66. The first-order valence-electron chi connectivity index (χ1n) is 4.76. The van der Waals surface area contributed by atoms with Gasteiger partial charge in [-0.05, 0) is 38.0 Å². The van der Waals surface area contributed by atoms with E-state index in [0.29, 0.717) is 5.78 Å². The van der Waals surface area contributed by atoms with Gasteiger partial charge in [0.05, 0.1) is 5.60 Å². The summed E-state index contributed by atoms with van der Waals surface area (Å²) >= 11 is 0. The minimum absolute atomic E-state index is 0.195. The molecule has 0 aromatic rings. The van der Waals surface area contributed by atoms with Crippen molar-refractivity contribution in [1.82, 2.24) is 0 Å². The van der Waals surface area contributed by atoms with E-state index in [0.717, 1.165) is 38.5 Å². The Morgan fingerprint density at radius 3 is 2.50 bits per heavy atom. The second-order valence-corrected chi connectivity index (χ2v) is 4.89. The van der Waals surface area contributed by atoms with Crippen molar-refractivity contribution in [2.75, 3.05) is 0 Å². The first kappa shape index (κ1) is 8.24. The molecule has 0 amide bonds. The van der Waals surface area contributed by atoms with E-state index >= 15 is 0 Å². The third-order valence-corrected chi connectivity index (χ3v) is 3.46. The second-order valence-electron chi connectivity index (χ2n) is 4.89. The summed E-state index contributed by atoms with van der Waals surface area (Å²) in [4.78, 5) is 11.1. The maximum absolute atomic E-state index is 11.1. The van der Waals surface area contributed by atoms with Gasteiger partial charge in [-0.15, -0.1) is 0 Å². The van der Waals surface area contributed by atoms with Crippen LogP contribution in [0.4, 0.5) is 0 Å². The summed E-state index contributed by atoms with van der Waals surface area (Å²) in [5, 5.41) is 9.80. The van der Waals surface area contributed by atoms with Gasteiger partial charge in [0.2, 0.25) is 0 Å². The number of ketones is 1. The minimum Gasteiger partial charge on any atom is -0.390 e. The van der Waals surface area contributed by atoms with Gasteiger partial charge < -0.3 is 5.11 Å². The van der Waals surface area contributed by atoms with Crippen LogP contribution in [0.25, 0.3) is 0 Å². The van der Waals surface area contributed by atoms with Crippen LogP contribution in [0.1, 0.15) is 45.4 Å². The van der Waals surface area contributed by atoms with E-state index in [-0.39, 0.29) is 5.41 Å². The standard InChI is InChI=1S/C10H16O2/c1-9(12)4-5-10(7-9)3-2-8(11)6-10/h12H,2-7H2,1H3. The quantitative estimate of drug-likeness (QED) is 0.597. The summed E-state index contributed by atoms with van der Waals surface area (Å²) in [5.41, 5.74) is -0.300. The minimum atomic E-state index is -0.495. The van der Waals surface area contributed by atoms with Crippen LogP contribution in [0.15, 0.2) is 0 Å². The Morgan fingerprint density at radius 2 is 2.08 bits per heavy atom. The van der Waals surface area contributed by atoms with E-state index in [2.05, 4.69) is 0 Å². The van der Waals surface area contributed by atoms with E-state index in [4.69, 9.17) is 0 Å². The molecule has 0 aromatic heterocycles. The Morgan fingerprint density at radius 1 is 1.33 bits per heavy atom. The predicted molar refractivity (Wildman–Crippen MR) is 45.8 cm³/mol. The van der Waals surface area contributed by atoms with Crippen LogP contribution < -0.4 is 0 Å². The highest BCUT2D eigenvalue weighted by Crippen LogP contribution is 2.52. The van der Waals surface area contributed by atoms with Gasteiger partial charge in [-0.25, -0.2) is 0 Å². The number of hydrogen-bond donors (Lipinski definition) is 1. The van der Waals surface area contributed by atoms with Crippen molar-refractivity contribution in [3.63, 3.8) is 0 Å². The summed E-state index contributed by atoms with van der Waals surface area (Å²) in [6.07, 6.45) is 5.25. The van der Waals surface area contributed by atoms with Crippen molar-refractivity contribution < 1.29 is 9.90 Å². The maximum Gasteiger partial charge on any atom is 0.133 e. The van der Waals surface area contributed by atoms with Crippen LogP contribution in [0, 0.1) is 5.41 Å². The SMILES string of the molecule is CC1(O)CCC2(CCC(=O)C2)C1. The zero-order chi connectivity index (χ0) is 8.82. The molecule has 1 N–H and O–H groups in total. The van der Waals surface area contributed by atoms with Crippen molar-refractivity contribution in [2.24, 2.45) is 5.41 Å². The molecule has 2 fully saturated rings. The molecule has 0 aromatic carbocycles. The van der Waals surface area contributed by atoms with Gasteiger partial charge in [0.25, 0.3) is 0 Å². The molecule has 2 heteroatoms. The van der Waals surface area contributed by atoms with Crippen LogP contribution in [-0.4, -0.2) is 16.5 Å². The van der Waals surface area contributed by atoms with E-state index in [1.54, 1.807) is 0 Å². The van der Waals surface area contributed by atoms with E-state index in [1.165, 1.54) is 0 Å². The van der Waals surface area contributed by atoms with Crippen LogP contribution in [-0.2, 0) is 4.79 Å². The lowest BCUT2D eigenvalue weighted by molar-refractivity contribution is -0.118. The van der Waals surface area contributed by atoms with Crippen molar-refractivity contribution in [1.29, 1.82) is 0 Å². The summed E-state index contributed by atoms with van der Waals surface area (Å²) in [6.45, 7) is 1.89. The van der Waals surface area contributed by atoms with Crippen molar-refractivity contribution >= 4 is 5.78 Å². The Bertz CT molecular complexity index is 220. The van der Waals surface area contributed by atoms with Crippen LogP contribution in [0.3, 0.4) is 0 Å². The molecule has 0 heterocycles. The molecule has 2 aliphatic rings. The molecule has 68 valence electrons. The lowest BCUT2D eigenvalue weighted by atomic mass is 9.83. The van der Waals surface area contributed by atoms with Gasteiger partial charge in [-0.3, -0.25) is 4.79 Å². The highest BCUT2D eigenvalue weighted by Gasteiger charge is 2.48. The molecule has 2 atom stereocenters. The van der Waals surface area contributed by atoms with Gasteiger partial charge in [0.1, 0.15) is 5.78 Å². The molecule has 2 nitrogen and oxygen atoms in total. The van der Waals surface area contributed by atoms with E-state index < -0.39 is 5.60 Å². The fraction of sp³-hybridized carbons (Fsp3) is 0.900. The molecule has 0 saturated heterocycles. The summed E-state index contributed by atoms with van der Waals surface area (Å²) < 4.78 is 0. The number of rotatable bonds is 0. The molecule has 0 bridgehead atoms. The van der Waals surface area contributed by atoms with E-state index in [1.807, 2.05) is 6.92 Å². The van der Waals surface area contributed by atoms with E-state index in [9.17, 15) is 9.90 Å². The van der Waals surface area contributed by atoms with Crippen molar-refractivity contribution in [3.8, 4) is 0 Å². The fourth-order valence-corrected chi connectivity index (χ4v) is 2.88. The van der Waals surface area contributed by atoms with Gasteiger partial charge in [0.15, 0.2) is 0 Å². The zero-order valence-electron chi connectivity index (χ0n) is 7.60. The van der Waals surface area contributed by atoms with Crippen molar-refractivity contribution in [3.05, 3.63) is 0 Å². The molecule has 2 aliphatic carbocycles. The normalized spacial score (nSPS) is 47.7. The van der Waals surface area contributed by atoms with Crippen molar-refractivity contribution in [2.45, 2.75) is 51.0 Å². The van der Waals surface area contributed by atoms with Gasteiger partial charge in [0, 0.05) is 12.8 Å². The molecule has 1 spiro atoms. The van der Waals surface area contributed by atoms with Crippen LogP contribution >= 0.6 is 0 Å².